The standard InChI is InChI=1S/C19H19N3O2S/c23-18-16-12-15(21-8-10-24-11-9-21)6-7-17(16)20-19(25)22(18)13-14-4-2-1-3-5-14/h1-7,12H,8-11,13H2,(H,20,25). The summed E-state index contributed by atoms with van der Waals surface area (Å²) in [6, 6.07) is 15.8. The highest BCUT2D eigenvalue weighted by molar-refractivity contribution is 7.71. The van der Waals surface area contributed by atoms with Crippen molar-refractivity contribution in [2.45, 2.75) is 6.54 Å². The van der Waals surface area contributed by atoms with Gasteiger partial charge in [0.2, 0.25) is 0 Å². The Morgan fingerprint density at radius 3 is 2.60 bits per heavy atom. The number of anilines is 1. The van der Waals surface area contributed by atoms with Gasteiger partial charge in [-0.1, -0.05) is 30.3 Å². The van der Waals surface area contributed by atoms with Gasteiger partial charge in [0.1, 0.15) is 0 Å². The van der Waals surface area contributed by atoms with Crippen LogP contribution in [0.25, 0.3) is 10.9 Å². The zero-order chi connectivity index (χ0) is 17.2. The second kappa shape index (κ2) is 6.82. The molecule has 1 aliphatic rings. The molecule has 0 unspecified atom stereocenters. The SMILES string of the molecule is O=c1c2cc(N3CCOCC3)ccc2[nH]c(=S)n1Cc1ccccc1. The van der Waals surface area contributed by atoms with Crippen molar-refractivity contribution < 1.29 is 4.74 Å². The molecule has 4 rings (SSSR count). The number of nitrogens with zero attached hydrogens (tertiary/aromatic N) is 2. The Bertz CT molecular complexity index is 1000. The lowest BCUT2D eigenvalue weighted by atomic mass is 10.2. The van der Waals surface area contributed by atoms with E-state index in [4.69, 9.17) is 17.0 Å². The highest BCUT2D eigenvalue weighted by atomic mass is 32.1. The van der Waals surface area contributed by atoms with Crippen LogP contribution >= 0.6 is 12.2 Å². The molecule has 1 N–H and O–H groups in total. The van der Waals surface area contributed by atoms with Crippen LogP contribution in [-0.2, 0) is 11.3 Å². The first-order valence-electron chi connectivity index (χ1n) is 8.36. The number of benzene rings is 2. The average molecular weight is 353 g/mol. The van der Waals surface area contributed by atoms with Crippen LogP contribution < -0.4 is 10.5 Å². The molecule has 0 atom stereocenters. The zero-order valence-corrected chi connectivity index (χ0v) is 14.6. The molecule has 0 radical (unpaired) electrons. The number of hydrogen-bond acceptors (Lipinski definition) is 4. The van der Waals surface area contributed by atoms with E-state index in [0.717, 1.165) is 29.9 Å². The smallest absolute Gasteiger partial charge is 0.262 e. The molecule has 6 heteroatoms. The Morgan fingerprint density at radius 1 is 1.08 bits per heavy atom. The quantitative estimate of drug-likeness (QED) is 0.736. The summed E-state index contributed by atoms with van der Waals surface area (Å²) in [5.41, 5.74) is 2.81. The number of morpholine rings is 1. The van der Waals surface area contributed by atoms with E-state index in [2.05, 4.69) is 9.88 Å². The van der Waals surface area contributed by atoms with Crippen molar-refractivity contribution in [3.05, 3.63) is 69.2 Å². The van der Waals surface area contributed by atoms with E-state index in [1.807, 2.05) is 48.5 Å². The Labute approximate surface area is 150 Å². The van der Waals surface area contributed by atoms with E-state index in [1.54, 1.807) is 4.57 Å². The Hall–Kier alpha value is -2.44. The maximum absolute atomic E-state index is 13.0. The lowest BCUT2D eigenvalue weighted by Crippen LogP contribution is -2.36. The molecular weight excluding hydrogens is 334 g/mol. The van der Waals surface area contributed by atoms with Gasteiger partial charge in [-0.15, -0.1) is 0 Å². The minimum absolute atomic E-state index is 0.0577. The van der Waals surface area contributed by atoms with E-state index in [0.29, 0.717) is 29.9 Å². The van der Waals surface area contributed by atoms with Crippen molar-refractivity contribution in [1.82, 2.24) is 9.55 Å². The second-order valence-electron chi connectivity index (χ2n) is 6.14. The van der Waals surface area contributed by atoms with Gasteiger partial charge in [-0.2, -0.15) is 0 Å². The molecular formula is C19H19N3O2S. The predicted molar refractivity (Wildman–Crippen MR) is 102 cm³/mol. The molecule has 1 aromatic heterocycles. The van der Waals surface area contributed by atoms with Gasteiger partial charge in [0, 0.05) is 18.8 Å². The highest BCUT2D eigenvalue weighted by Crippen LogP contribution is 2.20. The third-order valence-electron chi connectivity index (χ3n) is 4.53. The molecule has 25 heavy (non-hydrogen) atoms. The molecule has 1 aliphatic heterocycles. The maximum Gasteiger partial charge on any atom is 0.262 e. The number of ether oxygens (including phenoxy) is 1. The molecule has 0 amide bonds. The van der Waals surface area contributed by atoms with Crippen molar-refractivity contribution in [3.8, 4) is 0 Å². The molecule has 0 bridgehead atoms. The number of nitrogens with one attached hydrogen (secondary N) is 1. The first-order valence-corrected chi connectivity index (χ1v) is 8.77. The summed E-state index contributed by atoms with van der Waals surface area (Å²) in [7, 11) is 0. The van der Waals surface area contributed by atoms with E-state index in [9.17, 15) is 4.79 Å². The number of fused-ring (bicyclic) bond motifs is 1. The minimum Gasteiger partial charge on any atom is -0.378 e. The largest absolute Gasteiger partial charge is 0.378 e. The van der Waals surface area contributed by atoms with Gasteiger partial charge in [0.05, 0.1) is 30.7 Å². The molecule has 2 aromatic carbocycles. The first kappa shape index (κ1) is 16.1. The van der Waals surface area contributed by atoms with Crippen LogP contribution in [0.15, 0.2) is 53.3 Å². The summed E-state index contributed by atoms with van der Waals surface area (Å²) in [5.74, 6) is 0. The molecule has 5 nitrogen and oxygen atoms in total. The van der Waals surface area contributed by atoms with Gasteiger partial charge in [-0.05, 0) is 36.0 Å². The van der Waals surface area contributed by atoms with Crippen molar-refractivity contribution in [2.75, 3.05) is 31.2 Å². The number of hydrogen-bond donors (Lipinski definition) is 1. The van der Waals surface area contributed by atoms with Crippen LogP contribution in [0.2, 0.25) is 0 Å². The number of H-pyrrole nitrogens is 1. The van der Waals surface area contributed by atoms with Crippen LogP contribution in [0.3, 0.4) is 0 Å². The van der Waals surface area contributed by atoms with Crippen LogP contribution in [0, 0.1) is 4.77 Å². The van der Waals surface area contributed by atoms with E-state index in [1.165, 1.54) is 0 Å². The summed E-state index contributed by atoms with van der Waals surface area (Å²) in [5, 5.41) is 0.661. The first-order chi connectivity index (χ1) is 12.2. The summed E-state index contributed by atoms with van der Waals surface area (Å²) in [4.78, 5) is 18.4. The number of rotatable bonds is 3. The molecule has 1 saturated heterocycles. The summed E-state index contributed by atoms with van der Waals surface area (Å²) >= 11 is 5.40. The fourth-order valence-corrected chi connectivity index (χ4v) is 3.42. The molecule has 0 spiro atoms. The van der Waals surface area contributed by atoms with Gasteiger partial charge in [-0.25, -0.2) is 0 Å². The van der Waals surface area contributed by atoms with E-state index < -0.39 is 0 Å². The van der Waals surface area contributed by atoms with Gasteiger partial charge < -0.3 is 14.6 Å². The lowest BCUT2D eigenvalue weighted by molar-refractivity contribution is 0.122. The minimum atomic E-state index is -0.0577. The van der Waals surface area contributed by atoms with Gasteiger partial charge in [0.15, 0.2) is 4.77 Å². The fraction of sp³-hybridized carbons (Fsp3) is 0.263. The number of aromatic nitrogens is 2. The van der Waals surface area contributed by atoms with Gasteiger partial charge >= 0.3 is 0 Å². The van der Waals surface area contributed by atoms with Crippen LogP contribution in [0.5, 0.6) is 0 Å². The normalized spacial score (nSPS) is 14.8. The van der Waals surface area contributed by atoms with Crippen molar-refractivity contribution in [1.29, 1.82) is 0 Å². The topological polar surface area (TPSA) is 50.3 Å². The Kier molecular flexibility index (Phi) is 4.38. The number of aromatic amines is 1. The zero-order valence-electron chi connectivity index (χ0n) is 13.8. The summed E-state index contributed by atoms with van der Waals surface area (Å²) < 4.78 is 7.47. The van der Waals surface area contributed by atoms with Crippen LogP contribution in [0.1, 0.15) is 5.56 Å². The monoisotopic (exact) mass is 353 g/mol. The fourth-order valence-electron chi connectivity index (χ4n) is 3.17. The van der Waals surface area contributed by atoms with Gasteiger partial charge in [-0.3, -0.25) is 9.36 Å². The second-order valence-corrected chi connectivity index (χ2v) is 6.52. The maximum atomic E-state index is 13.0. The Morgan fingerprint density at radius 2 is 1.84 bits per heavy atom. The van der Waals surface area contributed by atoms with E-state index >= 15 is 0 Å². The third kappa shape index (κ3) is 3.23. The van der Waals surface area contributed by atoms with Gasteiger partial charge in [0.25, 0.3) is 5.56 Å². The Balaban J connectivity index is 1.79. The molecule has 1 fully saturated rings. The third-order valence-corrected chi connectivity index (χ3v) is 4.85. The molecule has 0 saturated carbocycles. The van der Waals surface area contributed by atoms with Crippen LogP contribution in [0.4, 0.5) is 5.69 Å². The summed E-state index contributed by atoms with van der Waals surface area (Å²) in [6.07, 6.45) is 0. The predicted octanol–water partition coefficient (Wildman–Crippen LogP) is 2.94. The molecule has 128 valence electrons. The summed E-state index contributed by atoms with van der Waals surface area (Å²) in [6.45, 7) is 3.58. The van der Waals surface area contributed by atoms with Crippen molar-refractivity contribution in [2.24, 2.45) is 0 Å². The van der Waals surface area contributed by atoms with Crippen LogP contribution in [-0.4, -0.2) is 35.9 Å². The molecule has 3 aromatic rings. The highest BCUT2D eigenvalue weighted by Gasteiger charge is 2.13. The van der Waals surface area contributed by atoms with E-state index in [-0.39, 0.29) is 5.56 Å². The molecule has 0 aliphatic carbocycles. The van der Waals surface area contributed by atoms with Crippen molar-refractivity contribution >= 4 is 28.8 Å². The lowest BCUT2D eigenvalue weighted by Gasteiger charge is -2.29. The van der Waals surface area contributed by atoms with Crippen molar-refractivity contribution in [3.63, 3.8) is 0 Å². The average Bonchev–Trinajstić information content (AvgIpc) is 2.66. The molecule has 2 heterocycles.